The second-order valence-corrected chi connectivity index (χ2v) is 8.42. The molecule has 1 aromatic rings. The number of hydrogen-bond donors (Lipinski definition) is 2. The highest BCUT2D eigenvalue weighted by atomic mass is 32.2. The standard InChI is InChI=1S/C18H29N3O5S/c1-25-16-6-5-15(13-17(16)26-2)27(23,24)21-11-7-14(8-12-21)18(22)20-10-4-3-9-19/h5-6,13-14H,3-4,7-12,19H2,1-2H3,(H,20,22). The van der Waals surface area contributed by atoms with Gasteiger partial charge >= 0.3 is 0 Å². The maximum atomic E-state index is 12.9. The van der Waals surface area contributed by atoms with Crippen molar-refractivity contribution in [1.29, 1.82) is 0 Å². The number of carbonyl (C=O) groups is 1. The zero-order valence-corrected chi connectivity index (χ0v) is 16.8. The van der Waals surface area contributed by atoms with E-state index in [1.165, 1.54) is 30.7 Å². The van der Waals surface area contributed by atoms with Crippen molar-refractivity contribution in [2.75, 3.05) is 40.4 Å². The lowest BCUT2D eigenvalue weighted by molar-refractivity contribution is -0.126. The molecule has 0 spiro atoms. The Hall–Kier alpha value is -1.84. The number of sulfonamides is 1. The number of amides is 1. The molecule has 9 heteroatoms. The summed E-state index contributed by atoms with van der Waals surface area (Å²) in [6, 6.07) is 4.55. The lowest BCUT2D eigenvalue weighted by Gasteiger charge is -2.30. The Morgan fingerprint density at radius 1 is 1.19 bits per heavy atom. The van der Waals surface area contributed by atoms with Gasteiger partial charge in [0.1, 0.15) is 0 Å². The monoisotopic (exact) mass is 399 g/mol. The first-order chi connectivity index (χ1) is 12.9. The summed E-state index contributed by atoms with van der Waals surface area (Å²) in [6.45, 7) is 1.86. The van der Waals surface area contributed by atoms with Crippen molar-refractivity contribution >= 4 is 15.9 Å². The van der Waals surface area contributed by atoms with E-state index in [2.05, 4.69) is 5.32 Å². The maximum absolute atomic E-state index is 12.9. The average Bonchev–Trinajstić information content (AvgIpc) is 2.70. The fourth-order valence-corrected chi connectivity index (χ4v) is 4.60. The van der Waals surface area contributed by atoms with E-state index in [1.807, 2.05) is 0 Å². The van der Waals surface area contributed by atoms with Gasteiger partial charge in [-0.15, -0.1) is 0 Å². The summed E-state index contributed by atoms with van der Waals surface area (Å²) >= 11 is 0. The van der Waals surface area contributed by atoms with Gasteiger partial charge in [-0.3, -0.25) is 4.79 Å². The zero-order valence-electron chi connectivity index (χ0n) is 15.9. The van der Waals surface area contributed by atoms with Crippen LogP contribution in [0.25, 0.3) is 0 Å². The molecule has 0 aliphatic carbocycles. The van der Waals surface area contributed by atoms with Crippen molar-refractivity contribution in [1.82, 2.24) is 9.62 Å². The smallest absolute Gasteiger partial charge is 0.243 e. The quantitative estimate of drug-likeness (QED) is 0.599. The van der Waals surface area contributed by atoms with Gasteiger partial charge in [0.15, 0.2) is 11.5 Å². The molecule has 0 radical (unpaired) electrons. The van der Waals surface area contributed by atoms with E-state index in [9.17, 15) is 13.2 Å². The van der Waals surface area contributed by atoms with Crippen molar-refractivity contribution < 1.29 is 22.7 Å². The topological polar surface area (TPSA) is 111 Å². The molecule has 27 heavy (non-hydrogen) atoms. The van der Waals surface area contributed by atoms with Gasteiger partial charge in [0.05, 0.1) is 19.1 Å². The molecule has 1 saturated heterocycles. The van der Waals surface area contributed by atoms with Gasteiger partial charge in [0, 0.05) is 31.6 Å². The van der Waals surface area contributed by atoms with Crippen molar-refractivity contribution in [3.8, 4) is 11.5 Å². The summed E-state index contributed by atoms with van der Waals surface area (Å²) in [5, 5.41) is 2.91. The maximum Gasteiger partial charge on any atom is 0.243 e. The number of methoxy groups -OCH3 is 2. The fourth-order valence-electron chi connectivity index (χ4n) is 3.11. The second-order valence-electron chi connectivity index (χ2n) is 6.48. The van der Waals surface area contributed by atoms with Gasteiger partial charge in [-0.1, -0.05) is 0 Å². The number of hydrogen-bond acceptors (Lipinski definition) is 6. The van der Waals surface area contributed by atoms with Crippen LogP contribution >= 0.6 is 0 Å². The Bertz CT molecular complexity index is 731. The highest BCUT2D eigenvalue weighted by molar-refractivity contribution is 7.89. The van der Waals surface area contributed by atoms with Crippen LogP contribution in [0.5, 0.6) is 11.5 Å². The summed E-state index contributed by atoms with van der Waals surface area (Å²) in [5.74, 6) is 0.682. The molecule has 152 valence electrons. The third-order valence-corrected chi connectivity index (χ3v) is 6.64. The number of rotatable bonds is 9. The Morgan fingerprint density at radius 2 is 1.85 bits per heavy atom. The lowest BCUT2D eigenvalue weighted by Crippen LogP contribution is -2.43. The summed E-state index contributed by atoms with van der Waals surface area (Å²) in [6.07, 6.45) is 2.75. The largest absolute Gasteiger partial charge is 0.493 e. The van der Waals surface area contributed by atoms with E-state index in [1.54, 1.807) is 6.07 Å². The minimum Gasteiger partial charge on any atom is -0.493 e. The molecule has 1 amide bonds. The first kappa shape index (κ1) is 21.5. The first-order valence-corrected chi connectivity index (χ1v) is 10.6. The number of unbranched alkanes of at least 4 members (excludes halogenated alkanes) is 1. The third kappa shape index (κ3) is 5.33. The van der Waals surface area contributed by atoms with E-state index in [4.69, 9.17) is 15.2 Å². The van der Waals surface area contributed by atoms with Crippen LogP contribution in [0.2, 0.25) is 0 Å². The minimum absolute atomic E-state index is 0.00446. The predicted octanol–water partition coefficient (Wildman–Crippen LogP) is 0.960. The molecular weight excluding hydrogens is 370 g/mol. The zero-order chi connectivity index (χ0) is 19.9. The summed E-state index contributed by atoms with van der Waals surface area (Å²) in [5.41, 5.74) is 5.44. The SMILES string of the molecule is COc1ccc(S(=O)(=O)N2CCC(C(=O)NCCCCN)CC2)cc1OC. The Balaban J connectivity index is 1.97. The molecule has 3 N–H and O–H groups in total. The van der Waals surface area contributed by atoms with Crippen molar-refractivity contribution in [3.05, 3.63) is 18.2 Å². The van der Waals surface area contributed by atoms with Crippen LogP contribution in [-0.4, -0.2) is 59.0 Å². The van der Waals surface area contributed by atoms with Crippen LogP contribution < -0.4 is 20.5 Å². The molecule has 8 nitrogen and oxygen atoms in total. The highest BCUT2D eigenvalue weighted by Crippen LogP contribution is 2.31. The molecular formula is C18H29N3O5S. The van der Waals surface area contributed by atoms with Gasteiger partial charge in [0.2, 0.25) is 15.9 Å². The molecule has 0 saturated carbocycles. The van der Waals surface area contributed by atoms with Crippen molar-refractivity contribution in [2.24, 2.45) is 11.7 Å². The van der Waals surface area contributed by atoms with Crippen LogP contribution in [0.15, 0.2) is 23.1 Å². The molecule has 0 atom stereocenters. The molecule has 0 bridgehead atoms. The van der Waals surface area contributed by atoms with Crippen LogP contribution in [-0.2, 0) is 14.8 Å². The number of benzene rings is 1. The van der Waals surface area contributed by atoms with Crippen LogP contribution in [0, 0.1) is 5.92 Å². The minimum atomic E-state index is -3.64. The van der Waals surface area contributed by atoms with Gasteiger partial charge in [-0.2, -0.15) is 4.31 Å². The number of piperidine rings is 1. The van der Waals surface area contributed by atoms with E-state index < -0.39 is 10.0 Å². The van der Waals surface area contributed by atoms with Gasteiger partial charge in [-0.05, 0) is 44.4 Å². The van der Waals surface area contributed by atoms with Crippen molar-refractivity contribution in [2.45, 2.75) is 30.6 Å². The van der Waals surface area contributed by atoms with Gasteiger partial charge < -0.3 is 20.5 Å². The number of ether oxygens (including phenoxy) is 2. The average molecular weight is 400 g/mol. The number of carbonyl (C=O) groups excluding carboxylic acids is 1. The molecule has 1 fully saturated rings. The molecule has 0 aromatic heterocycles. The first-order valence-electron chi connectivity index (χ1n) is 9.14. The predicted molar refractivity (Wildman–Crippen MR) is 102 cm³/mol. The van der Waals surface area contributed by atoms with Gasteiger partial charge in [0.25, 0.3) is 0 Å². The molecule has 1 heterocycles. The van der Waals surface area contributed by atoms with E-state index in [0.717, 1.165) is 12.8 Å². The summed E-state index contributed by atoms with van der Waals surface area (Å²) in [7, 11) is -0.679. The number of nitrogens with two attached hydrogens (primary N) is 1. The molecule has 1 aromatic carbocycles. The van der Waals surface area contributed by atoms with Crippen molar-refractivity contribution in [3.63, 3.8) is 0 Å². The molecule has 2 rings (SSSR count). The summed E-state index contributed by atoms with van der Waals surface area (Å²) in [4.78, 5) is 12.4. The van der Waals surface area contributed by atoms with Crippen LogP contribution in [0.4, 0.5) is 0 Å². The van der Waals surface area contributed by atoms with E-state index >= 15 is 0 Å². The fraction of sp³-hybridized carbons (Fsp3) is 0.611. The number of nitrogens with one attached hydrogen (secondary N) is 1. The molecule has 0 unspecified atom stereocenters. The van der Waals surface area contributed by atoms with Crippen LogP contribution in [0.1, 0.15) is 25.7 Å². The lowest BCUT2D eigenvalue weighted by atomic mass is 9.97. The Labute approximate surface area is 161 Å². The second kappa shape index (κ2) is 9.91. The Morgan fingerprint density at radius 3 is 2.44 bits per heavy atom. The Kier molecular flexibility index (Phi) is 7.88. The third-order valence-electron chi connectivity index (χ3n) is 4.75. The highest BCUT2D eigenvalue weighted by Gasteiger charge is 2.32. The van der Waals surface area contributed by atoms with Gasteiger partial charge in [-0.25, -0.2) is 8.42 Å². The van der Waals surface area contributed by atoms with Crippen LogP contribution in [0.3, 0.4) is 0 Å². The summed E-state index contributed by atoms with van der Waals surface area (Å²) < 4.78 is 37.6. The van der Waals surface area contributed by atoms with E-state index in [-0.39, 0.29) is 16.7 Å². The number of nitrogens with zero attached hydrogens (tertiary/aromatic N) is 1. The normalized spacial score (nSPS) is 16.1. The molecule has 1 aliphatic heterocycles. The molecule has 1 aliphatic rings. The van der Waals surface area contributed by atoms with E-state index in [0.29, 0.717) is 50.5 Å².